The standard InChI is InChI=1S/C10H15N5O11P2.K.2Na.3H/c11-10-13-7-4(8(18)14-10)12-2-15(7)9-6(17)5(16)3(25-9)1-24-28(22,23)26-27(19,20)21;;;;;;/h2-3,5-6,9,16-17H,1H2,(H,22,23)(H2,19,20,21)(H3,11,13,14,18);;;;;;/t3-,5-,6-,9-;;;;;;/m1....../s1. The van der Waals surface area contributed by atoms with E-state index in [0.717, 1.165) is 10.9 Å². The second kappa shape index (κ2) is 12.8. The number of aromatic amines is 1. The molecule has 162 valence electrons. The fourth-order valence-corrected chi connectivity index (χ4v) is 4.15. The van der Waals surface area contributed by atoms with Gasteiger partial charge in [-0.25, -0.2) is 14.1 Å². The second-order valence-corrected chi connectivity index (χ2v) is 8.49. The van der Waals surface area contributed by atoms with Crippen LogP contribution in [0, 0.1) is 0 Å². The van der Waals surface area contributed by atoms with Crippen LogP contribution in [0.1, 0.15) is 6.23 Å². The van der Waals surface area contributed by atoms with Crippen LogP contribution in [0.25, 0.3) is 11.2 Å². The molecule has 8 N–H and O–H groups in total. The Balaban J connectivity index is 0.00000300. The Labute approximate surface area is 260 Å². The molecular weight excluding hydrogens is 513 g/mol. The molecular formula is C10H18KN5Na2O11P2. The first-order valence-electron chi connectivity index (χ1n) is 7.36. The summed E-state index contributed by atoms with van der Waals surface area (Å²) in [7, 11) is -10.5. The van der Waals surface area contributed by atoms with Crippen molar-refractivity contribution in [3.05, 3.63) is 16.7 Å². The summed E-state index contributed by atoms with van der Waals surface area (Å²) >= 11 is 0. The predicted octanol–water partition coefficient (Wildman–Crippen LogP) is -4.40. The van der Waals surface area contributed by atoms with Gasteiger partial charge in [-0.3, -0.25) is 18.9 Å². The molecule has 5 atom stereocenters. The molecule has 1 aliphatic rings. The van der Waals surface area contributed by atoms with Gasteiger partial charge in [-0.2, -0.15) is 9.29 Å². The molecule has 1 unspecified atom stereocenters. The summed E-state index contributed by atoms with van der Waals surface area (Å²) < 4.78 is 36.6. The van der Waals surface area contributed by atoms with Gasteiger partial charge in [-0.05, 0) is 0 Å². The van der Waals surface area contributed by atoms with E-state index in [0.29, 0.717) is 0 Å². The number of phosphoric acid groups is 2. The van der Waals surface area contributed by atoms with Gasteiger partial charge in [-0.15, -0.1) is 0 Å². The van der Waals surface area contributed by atoms with Gasteiger partial charge in [-0.1, -0.05) is 0 Å². The van der Waals surface area contributed by atoms with Crippen molar-refractivity contribution >= 4 is 143 Å². The average molecular weight is 531 g/mol. The van der Waals surface area contributed by atoms with Gasteiger partial charge in [0.05, 0.1) is 12.9 Å². The molecule has 0 saturated carbocycles. The molecule has 3 rings (SSSR count). The summed E-state index contributed by atoms with van der Waals surface area (Å²) in [5.41, 5.74) is 4.65. The number of rotatable bonds is 6. The molecule has 16 nitrogen and oxygen atoms in total. The van der Waals surface area contributed by atoms with E-state index < -0.39 is 52.4 Å². The van der Waals surface area contributed by atoms with Crippen LogP contribution in [0.3, 0.4) is 0 Å². The number of nitrogen functional groups attached to an aromatic ring is 1. The maximum atomic E-state index is 11.8. The van der Waals surface area contributed by atoms with E-state index in [-0.39, 0.29) is 128 Å². The number of phosphoric ester groups is 1. The van der Waals surface area contributed by atoms with Crippen LogP contribution in [0.4, 0.5) is 5.95 Å². The average Bonchev–Trinajstić information content (AvgIpc) is 3.06. The number of fused-ring (bicyclic) bond motifs is 1. The Morgan fingerprint density at radius 1 is 1.23 bits per heavy atom. The van der Waals surface area contributed by atoms with Crippen LogP contribution >= 0.6 is 15.6 Å². The summed E-state index contributed by atoms with van der Waals surface area (Å²) in [4.78, 5) is 48.1. The van der Waals surface area contributed by atoms with Crippen LogP contribution < -0.4 is 11.3 Å². The molecule has 0 bridgehead atoms. The molecule has 31 heavy (non-hydrogen) atoms. The van der Waals surface area contributed by atoms with E-state index in [1.54, 1.807) is 0 Å². The maximum absolute atomic E-state index is 11.8. The fourth-order valence-electron chi connectivity index (χ4n) is 2.55. The van der Waals surface area contributed by atoms with Crippen molar-refractivity contribution in [1.82, 2.24) is 19.5 Å². The Morgan fingerprint density at radius 3 is 2.42 bits per heavy atom. The zero-order chi connectivity index (χ0) is 20.9. The predicted molar refractivity (Wildman–Crippen MR) is 109 cm³/mol. The quantitative estimate of drug-likeness (QED) is 0.137. The summed E-state index contributed by atoms with van der Waals surface area (Å²) in [6.45, 7) is -0.870. The molecule has 21 heteroatoms. The summed E-state index contributed by atoms with van der Waals surface area (Å²) in [5, 5.41) is 20.3. The zero-order valence-corrected chi connectivity index (χ0v) is 15.4. The van der Waals surface area contributed by atoms with Gasteiger partial charge in [0.1, 0.15) is 18.3 Å². The second-order valence-electron chi connectivity index (χ2n) is 5.66. The van der Waals surface area contributed by atoms with Crippen LogP contribution in [0.5, 0.6) is 0 Å². The van der Waals surface area contributed by atoms with Crippen LogP contribution in [0.15, 0.2) is 11.1 Å². The van der Waals surface area contributed by atoms with Gasteiger partial charge < -0.3 is 35.4 Å². The van der Waals surface area contributed by atoms with Crippen LogP contribution in [0.2, 0.25) is 0 Å². The number of imidazole rings is 1. The topological polar surface area (TPSA) is 253 Å². The zero-order valence-electron chi connectivity index (χ0n) is 13.6. The Kier molecular flexibility index (Phi) is 13.5. The van der Waals surface area contributed by atoms with Crippen molar-refractivity contribution < 1.29 is 47.6 Å². The minimum absolute atomic E-state index is 0. The van der Waals surface area contributed by atoms with Gasteiger partial charge >= 0.3 is 126 Å². The number of H-pyrrole nitrogens is 1. The van der Waals surface area contributed by atoms with E-state index in [1.165, 1.54) is 0 Å². The number of nitrogens with two attached hydrogens (primary N) is 1. The first-order chi connectivity index (χ1) is 12.9. The van der Waals surface area contributed by atoms with Crippen molar-refractivity contribution in [2.24, 2.45) is 0 Å². The Hall–Kier alpha value is 1.93. The van der Waals surface area contributed by atoms with Gasteiger partial charge in [0, 0.05) is 0 Å². The number of aliphatic hydroxyl groups excluding tert-OH is 2. The van der Waals surface area contributed by atoms with E-state index in [2.05, 4.69) is 23.8 Å². The number of aliphatic hydroxyl groups is 2. The van der Waals surface area contributed by atoms with Crippen molar-refractivity contribution in [3.8, 4) is 0 Å². The van der Waals surface area contributed by atoms with Crippen molar-refractivity contribution in [1.29, 1.82) is 0 Å². The number of aromatic nitrogens is 4. The van der Waals surface area contributed by atoms with E-state index in [4.69, 9.17) is 20.3 Å². The Morgan fingerprint density at radius 2 is 1.84 bits per heavy atom. The third-order valence-corrected chi connectivity index (χ3v) is 5.83. The Bertz CT molecular complexity index is 1050. The SMILES string of the molecule is Nc1nc2c(ncn2[C@@H]2O[C@H](COP(=O)(O)OP(=O)(O)O)[C@@H](O)[C@H]2O)c(=O)[nH]1.[KH].[NaH].[NaH]. The number of nitrogens with zero attached hydrogens (tertiary/aromatic N) is 3. The molecule has 0 amide bonds. The van der Waals surface area contributed by atoms with E-state index in [9.17, 15) is 29.0 Å². The van der Waals surface area contributed by atoms with Crippen molar-refractivity contribution in [2.75, 3.05) is 12.3 Å². The molecule has 0 aliphatic carbocycles. The van der Waals surface area contributed by atoms with Gasteiger partial charge in [0.15, 0.2) is 17.4 Å². The first kappa shape index (κ1) is 32.9. The molecule has 3 heterocycles. The molecule has 2 aromatic heterocycles. The van der Waals surface area contributed by atoms with E-state index in [1.807, 2.05) is 0 Å². The minimum atomic E-state index is -5.32. The van der Waals surface area contributed by atoms with Gasteiger partial charge in [0.25, 0.3) is 5.56 Å². The molecule has 1 fully saturated rings. The summed E-state index contributed by atoms with van der Waals surface area (Å²) in [6, 6.07) is 0. The van der Waals surface area contributed by atoms with Crippen molar-refractivity contribution in [2.45, 2.75) is 24.5 Å². The van der Waals surface area contributed by atoms with Crippen LogP contribution in [-0.4, -0.2) is 180 Å². The molecule has 0 radical (unpaired) electrons. The van der Waals surface area contributed by atoms with Crippen molar-refractivity contribution in [3.63, 3.8) is 0 Å². The monoisotopic (exact) mass is 531 g/mol. The number of hydrogen-bond acceptors (Lipinski definition) is 11. The van der Waals surface area contributed by atoms with E-state index >= 15 is 0 Å². The summed E-state index contributed by atoms with van der Waals surface area (Å²) in [6.07, 6.45) is -4.88. The molecule has 1 aliphatic heterocycles. The fraction of sp³-hybridized carbons (Fsp3) is 0.500. The number of hydrogen-bond donors (Lipinski definition) is 7. The third-order valence-electron chi connectivity index (χ3n) is 3.67. The van der Waals surface area contributed by atoms with Crippen LogP contribution in [-0.2, 0) is 22.7 Å². The number of ether oxygens (including phenoxy) is 1. The van der Waals surface area contributed by atoms with Gasteiger partial charge in [0.2, 0.25) is 5.95 Å². The normalized spacial score (nSPS) is 25.2. The summed E-state index contributed by atoms with van der Waals surface area (Å²) in [5.74, 6) is -0.233. The molecule has 2 aromatic rings. The third kappa shape index (κ3) is 8.23. The number of anilines is 1. The number of nitrogens with one attached hydrogen (secondary N) is 1. The first-order valence-corrected chi connectivity index (χ1v) is 10.4. The molecule has 1 saturated heterocycles. The molecule has 0 spiro atoms. The molecule has 0 aromatic carbocycles.